The third kappa shape index (κ3) is 10.2. The van der Waals surface area contributed by atoms with Crippen LogP contribution in [0.15, 0.2) is 137 Å². The van der Waals surface area contributed by atoms with Crippen molar-refractivity contribution in [1.82, 2.24) is 19.8 Å². The Hall–Kier alpha value is -5.31. The summed E-state index contributed by atoms with van der Waals surface area (Å²) in [5, 5.41) is 16.9. The Morgan fingerprint density at radius 1 is 0.931 bits per heavy atom. The minimum Gasteiger partial charge on any atom is -0.376 e. The maximum absolute atomic E-state index is 13.7. The zero-order chi connectivity index (χ0) is 40.6. The third-order valence-electron chi connectivity index (χ3n) is 10.0. The molecule has 2 heterocycles. The number of nitro groups is 1. The molecule has 0 amide bonds. The van der Waals surface area contributed by atoms with Crippen LogP contribution in [0.2, 0.25) is 5.02 Å². The number of halogens is 1. The van der Waals surface area contributed by atoms with Gasteiger partial charge in [-0.2, -0.15) is 0 Å². The zero-order valence-corrected chi connectivity index (χ0v) is 34.6. The van der Waals surface area contributed by atoms with E-state index in [1.165, 1.54) is 35.2 Å². The van der Waals surface area contributed by atoms with Gasteiger partial charge in [0.05, 0.1) is 15.3 Å². The van der Waals surface area contributed by atoms with Crippen LogP contribution in [0.5, 0.6) is 0 Å². The minimum atomic E-state index is -4.27. The summed E-state index contributed by atoms with van der Waals surface area (Å²) in [5.41, 5.74) is 6.17. The first-order valence-electron chi connectivity index (χ1n) is 18.9. The molecule has 58 heavy (non-hydrogen) atoms. The molecule has 1 atom stereocenters. The van der Waals surface area contributed by atoms with Gasteiger partial charge in [0.1, 0.15) is 12.0 Å². The van der Waals surface area contributed by atoms with Crippen LogP contribution in [-0.4, -0.2) is 78.6 Å². The van der Waals surface area contributed by atoms with Gasteiger partial charge in [0.15, 0.2) is 5.82 Å². The number of benzene rings is 5. The van der Waals surface area contributed by atoms with Gasteiger partial charge in [-0.05, 0) is 110 Å². The third-order valence-corrected chi connectivity index (χ3v) is 12.8. The summed E-state index contributed by atoms with van der Waals surface area (Å²) >= 11 is 8.08. The fourth-order valence-electron chi connectivity index (χ4n) is 6.97. The molecule has 1 aromatic heterocycles. The van der Waals surface area contributed by atoms with Gasteiger partial charge in [-0.15, -0.1) is 11.8 Å². The van der Waals surface area contributed by atoms with Crippen molar-refractivity contribution < 1.29 is 13.3 Å². The normalized spacial score (nSPS) is 14.0. The summed E-state index contributed by atoms with van der Waals surface area (Å²) in [7, 11) is -0.317. The molecule has 0 saturated heterocycles. The molecule has 11 nitrogen and oxygen atoms in total. The van der Waals surface area contributed by atoms with Gasteiger partial charge in [-0.25, -0.2) is 18.4 Å². The first-order chi connectivity index (χ1) is 28.0. The number of sulfonamides is 1. The number of anilines is 2. The average molecular weight is 834 g/mol. The smallest absolute Gasteiger partial charge is 0.293 e. The molecule has 5 aromatic carbocycles. The predicted octanol–water partition coefficient (Wildman–Crippen LogP) is 9.47. The van der Waals surface area contributed by atoms with Crippen LogP contribution in [0.3, 0.4) is 0 Å². The molecular weight excluding hydrogens is 790 g/mol. The zero-order valence-electron chi connectivity index (χ0n) is 32.2. The van der Waals surface area contributed by atoms with Crippen LogP contribution in [0.4, 0.5) is 17.2 Å². The SMILES string of the molecule is CN(C)CCC(CSc1ccccc1)Nc1ccc(S(=O)(=O)Nc2ncnc3cc(C4=CCN(Cc5cc(Cl)ccc5-c5ccccc5)CC4)ccc23)cc1[N+](=O)[O-]. The van der Waals surface area contributed by atoms with Gasteiger partial charge in [0.25, 0.3) is 15.7 Å². The topological polar surface area (TPSA) is 134 Å². The average Bonchev–Trinajstić information content (AvgIpc) is 3.22. The molecule has 0 spiro atoms. The predicted molar refractivity (Wildman–Crippen MR) is 236 cm³/mol. The van der Waals surface area contributed by atoms with Crippen molar-refractivity contribution in [1.29, 1.82) is 0 Å². The number of hydrogen-bond acceptors (Lipinski definition) is 10. The van der Waals surface area contributed by atoms with E-state index in [9.17, 15) is 18.5 Å². The number of nitro benzene ring substituents is 1. The molecule has 6 aromatic rings. The molecule has 1 aliphatic heterocycles. The summed E-state index contributed by atoms with van der Waals surface area (Å²) in [6.07, 6.45) is 5.08. The van der Waals surface area contributed by atoms with Gasteiger partial charge < -0.3 is 10.2 Å². The summed E-state index contributed by atoms with van der Waals surface area (Å²) < 4.78 is 30.0. The van der Waals surface area contributed by atoms with E-state index in [-0.39, 0.29) is 28.1 Å². The lowest BCUT2D eigenvalue weighted by atomic mass is 9.96. The van der Waals surface area contributed by atoms with Crippen LogP contribution >= 0.6 is 23.4 Å². The molecule has 298 valence electrons. The van der Waals surface area contributed by atoms with E-state index in [2.05, 4.69) is 54.1 Å². The molecule has 2 N–H and O–H groups in total. The second-order valence-electron chi connectivity index (χ2n) is 14.4. The van der Waals surface area contributed by atoms with Crippen molar-refractivity contribution in [3.63, 3.8) is 0 Å². The van der Waals surface area contributed by atoms with Crippen molar-refractivity contribution in [2.75, 3.05) is 49.5 Å². The first-order valence-corrected chi connectivity index (χ1v) is 21.8. The van der Waals surface area contributed by atoms with Crippen molar-refractivity contribution in [2.45, 2.75) is 35.2 Å². The highest BCUT2D eigenvalue weighted by Gasteiger charge is 2.25. The fraction of sp³-hybridized carbons (Fsp3) is 0.227. The molecule has 14 heteroatoms. The minimum absolute atomic E-state index is 0.0858. The summed E-state index contributed by atoms with van der Waals surface area (Å²) in [4.78, 5) is 25.7. The first kappa shape index (κ1) is 40.9. The van der Waals surface area contributed by atoms with E-state index >= 15 is 0 Å². The summed E-state index contributed by atoms with van der Waals surface area (Å²) in [6.45, 7) is 3.13. The quantitative estimate of drug-likeness (QED) is 0.0552. The second-order valence-corrected chi connectivity index (χ2v) is 17.6. The number of rotatable bonds is 16. The van der Waals surface area contributed by atoms with E-state index in [0.29, 0.717) is 21.7 Å². The van der Waals surface area contributed by atoms with Crippen LogP contribution < -0.4 is 10.0 Å². The van der Waals surface area contributed by atoms with E-state index in [0.717, 1.165) is 61.1 Å². The van der Waals surface area contributed by atoms with Gasteiger partial charge in [0.2, 0.25) is 0 Å². The summed E-state index contributed by atoms with van der Waals surface area (Å²) in [6, 6.07) is 35.8. The van der Waals surface area contributed by atoms with Crippen molar-refractivity contribution in [3.05, 3.63) is 154 Å². The highest BCUT2D eigenvalue weighted by molar-refractivity contribution is 7.99. The fourth-order valence-corrected chi connectivity index (χ4v) is 9.21. The molecule has 0 bridgehead atoms. The van der Waals surface area contributed by atoms with Gasteiger partial charge in [0, 0.05) is 52.8 Å². The Kier molecular flexibility index (Phi) is 13.0. The van der Waals surface area contributed by atoms with Gasteiger partial charge in [-0.3, -0.25) is 19.7 Å². The van der Waals surface area contributed by atoms with Crippen LogP contribution in [0.25, 0.3) is 27.6 Å². The molecule has 1 unspecified atom stereocenters. The summed E-state index contributed by atoms with van der Waals surface area (Å²) in [5.74, 6) is 0.747. The van der Waals surface area contributed by atoms with Gasteiger partial charge >= 0.3 is 0 Å². The molecule has 1 aliphatic rings. The number of fused-ring (bicyclic) bond motifs is 1. The van der Waals surface area contributed by atoms with Crippen LogP contribution in [-0.2, 0) is 16.6 Å². The molecule has 0 saturated carbocycles. The molecule has 0 aliphatic carbocycles. The Labute approximate surface area is 348 Å². The van der Waals surface area contributed by atoms with E-state index in [1.807, 2.05) is 93.0 Å². The Balaban J connectivity index is 1.05. The van der Waals surface area contributed by atoms with Crippen molar-refractivity contribution >= 4 is 67.1 Å². The maximum atomic E-state index is 13.7. The number of thioether (sulfide) groups is 1. The van der Waals surface area contributed by atoms with Crippen LogP contribution in [0.1, 0.15) is 24.0 Å². The number of aromatic nitrogens is 2. The number of hydrogen-bond donors (Lipinski definition) is 2. The molecular formula is C44H44ClN7O4S2. The van der Waals surface area contributed by atoms with Crippen molar-refractivity contribution in [2.24, 2.45) is 0 Å². The standard InChI is InChI=1S/C44H44ClN7O4S2/c1-50(2)22-21-36(29-57-37-11-7-4-8-12-37)48-41-18-15-38(27-43(41)52(53)54)58(55,56)49-44-40-16-13-33(26-42(40)46-30-47-44)31-19-23-51(24-20-31)28-34-25-35(45)14-17-39(34)32-9-5-3-6-10-32/h3-19,25-27,30,36,48H,20-24,28-29H2,1-2H3,(H,46,47,49). The lowest BCUT2D eigenvalue weighted by Gasteiger charge is -2.27. The number of nitrogens with zero attached hydrogens (tertiary/aromatic N) is 5. The van der Waals surface area contributed by atoms with Gasteiger partial charge in [-0.1, -0.05) is 78.3 Å². The number of nitrogens with one attached hydrogen (secondary N) is 2. The monoisotopic (exact) mass is 833 g/mol. The molecule has 0 radical (unpaired) electrons. The van der Waals surface area contributed by atoms with E-state index < -0.39 is 14.9 Å². The van der Waals surface area contributed by atoms with Crippen LogP contribution in [0, 0.1) is 10.1 Å². The van der Waals surface area contributed by atoms with E-state index in [4.69, 9.17) is 11.6 Å². The molecule has 0 fully saturated rings. The second kappa shape index (κ2) is 18.5. The maximum Gasteiger partial charge on any atom is 0.293 e. The highest BCUT2D eigenvalue weighted by Crippen LogP contribution is 2.33. The van der Waals surface area contributed by atoms with Crippen molar-refractivity contribution in [3.8, 4) is 11.1 Å². The molecule has 7 rings (SSSR count). The Morgan fingerprint density at radius 3 is 2.43 bits per heavy atom. The Morgan fingerprint density at radius 2 is 1.71 bits per heavy atom. The lowest BCUT2D eigenvalue weighted by molar-refractivity contribution is -0.384. The largest absolute Gasteiger partial charge is 0.376 e. The van der Waals surface area contributed by atoms with E-state index in [1.54, 1.807) is 11.8 Å². The highest BCUT2D eigenvalue weighted by atomic mass is 35.5. The Bertz CT molecular complexity index is 2540. The lowest BCUT2D eigenvalue weighted by Crippen LogP contribution is -2.28.